The van der Waals surface area contributed by atoms with E-state index in [9.17, 15) is 18.4 Å². The van der Waals surface area contributed by atoms with Gasteiger partial charge < -0.3 is 10.2 Å². The molecule has 1 atom stereocenters. The Morgan fingerprint density at radius 1 is 1.12 bits per heavy atom. The van der Waals surface area contributed by atoms with Crippen LogP contribution in [0.2, 0.25) is 0 Å². The molecule has 124 valence electrons. The smallest absolute Gasteiger partial charge is 0.229 e. The third-order valence-corrected chi connectivity index (χ3v) is 3.97. The van der Waals surface area contributed by atoms with Crippen LogP contribution in [0, 0.1) is 24.5 Å². The van der Waals surface area contributed by atoms with Crippen molar-refractivity contribution in [2.24, 2.45) is 5.92 Å². The van der Waals surface area contributed by atoms with E-state index in [0.717, 1.165) is 29.4 Å². The first-order chi connectivity index (χ1) is 11.4. The summed E-state index contributed by atoms with van der Waals surface area (Å²) in [5.74, 6) is -2.68. The summed E-state index contributed by atoms with van der Waals surface area (Å²) < 4.78 is 26.4. The van der Waals surface area contributed by atoms with Gasteiger partial charge in [0.05, 0.1) is 5.92 Å². The van der Waals surface area contributed by atoms with Gasteiger partial charge in [-0.25, -0.2) is 8.78 Å². The molecule has 1 aliphatic heterocycles. The molecule has 0 aliphatic carbocycles. The zero-order chi connectivity index (χ0) is 17.3. The third-order valence-electron chi connectivity index (χ3n) is 3.97. The Bertz CT molecular complexity index is 770. The zero-order valence-electron chi connectivity index (χ0n) is 13.1. The summed E-state index contributed by atoms with van der Waals surface area (Å²) >= 11 is 0. The molecule has 0 radical (unpaired) electrons. The Hall–Kier alpha value is -2.76. The molecule has 1 unspecified atom stereocenters. The van der Waals surface area contributed by atoms with Gasteiger partial charge in [0.25, 0.3) is 0 Å². The summed E-state index contributed by atoms with van der Waals surface area (Å²) in [5, 5.41) is 2.47. The maximum absolute atomic E-state index is 13.2. The molecule has 2 amide bonds. The van der Waals surface area contributed by atoms with Crippen LogP contribution >= 0.6 is 0 Å². The first-order valence-electron chi connectivity index (χ1n) is 7.56. The van der Waals surface area contributed by atoms with Crippen LogP contribution in [-0.2, 0) is 9.59 Å². The molecule has 4 nitrogen and oxygen atoms in total. The minimum atomic E-state index is -0.769. The number of carbonyl (C=O) groups excluding carboxylic acids is 2. The molecule has 2 aromatic rings. The fourth-order valence-electron chi connectivity index (χ4n) is 2.73. The topological polar surface area (TPSA) is 49.4 Å². The predicted octanol–water partition coefficient (Wildman–Crippen LogP) is 3.26. The highest BCUT2D eigenvalue weighted by Crippen LogP contribution is 2.26. The summed E-state index contributed by atoms with van der Waals surface area (Å²) in [5.41, 5.74) is 1.85. The van der Waals surface area contributed by atoms with Crippen LogP contribution in [0.5, 0.6) is 0 Å². The molecule has 0 saturated carbocycles. The number of nitrogens with zero attached hydrogens (tertiary/aromatic N) is 1. The molecule has 1 saturated heterocycles. The Balaban J connectivity index is 1.70. The second kappa shape index (κ2) is 6.39. The van der Waals surface area contributed by atoms with Crippen molar-refractivity contribution in [3.05, 3.63) is 59.7 Å². The molecule has 1 N–H and O–H groups in total. The highest BCUT2D eigenvalue weighted by molar-refractivity contribution is 6.03. The van der Waals surface area contributed by atoms with Crippen molar-refractivity contribution >= 4 is 23.2 Å². The Labute approximate surface area is 138 Å². The van der Waals surface area contributed by atoms with Crippen LogP contribution < -0.4 is 10.2 Å². The van der Waals surface area contributed by atoms with Gasteiger partial charge in [-0.05, 0) is 31.2 Å². The van der Waals surface area contributed by atoms with E-state index in [4.69, 9.17) is 0 Å². The van der Waals surface area contributed by atoms with Gasteiger partial charge in [-0.1, -0.05) is 17.7 Å². The largest absolute Gasteiger partial charge is 0.326 e. The number of benzene rings is 2. The number of hydrogen-bond acceptors (Lipinski definition) is 2. The van der Waals surface area contributed by atoms with Crippen molar-refractivity contribution in [3.8, 4) is 0 Å². The van der Waals surface area contributed by atoms with Crippen molar-refractivity contribution in [2.45, 2.75) is 13.3 Å². The molecular weight excluding hydrogens is 314 g/mol. The second-order valence-corrected chi connectivity index (χ2v) is 5.89. The predicted molar refractivity (Wildman–Crippen MR) is 86.6 cm³/mol. The highest BCUT2D eigenvalue weighted by Gasteiger charge is 2.35. The Morgan fingerprint density at radius 2 is 1.75 bits per heavy atom. The van der Waals surface area contributed by atoms with E-state index in [2.05, 4.69) is 5.32 Å². The van der Waals surface area contributed by atoms with E-state index in [-0.39, 0.29) is 24.6 Å². The van der Waals surface area contributed by atoms with Gasteiger partial charge in [-0.15, -0.1) is 0 Å². The lowest BCUT2D eigenvalue weighted by Gasteiger charge is -2.17. The lowest BCUT2D eigenvalue weighted by atomic mass is 10.1. The fourth-order valence-corrected chi connectivity index (χ4v) is 2.73. The number of amides is 2. The number of anilines is 2. The minimum Gasteiger partial charge on any atom is -0.326 e. The summed E-state index contributed by atoms with van der Waals surface area (Å²) in [6, 6.07) is 10.3. The lowest BCUT2D eigenvalue weighted by Crippen LogP contribution is -2.28. The first kappa shape index (κ1) is 16.1. The lowest BCUT2D eigenvalue weighted by molar-refractivity contribution is -0.122. The zero-order valence-corrected chi connectivity index (χ0v) is 13.1. The number of nitrogens with one attached hydrogen (secondary N) is 1. The minimum absolute atomic E-state index is 0.0405. The van der Waals surface area contributed by atoms with Crippen LogP contribution in [0.15, 0.2) is 42.5 Å². The van der Waals surface area contributed by atoms with Crippen molar-refractivity contribution < 1.29 is 18.4 Å². The standard InChI is InChI=1S/C18H16F2N2O2/c1-11-2-4-16(5-3-11)22-10-12(6-17(22)23)18(24)21-15-8-13(19)7-14(20)9-15/h2-5,7-9,12H,6,10H2,1H3,(H,21,24). The molecule has 1 heterocycles. The fraction of sp³-hybridized carbons (Fsp3) is 0.222. The Kier molecular flexibility index (Phi) is 4.29. The van der Waals surface area contributed by atoms with Crippen LogP contribution in [0.3, 0.4) is 0 Å². The van der Waals surface area contributed by atoms with Gasteiger partial charge in [0.15, 0.2) is 0 Å². The maximum Gasteiger partial charge on any atom is 0.229 e. The highest BCUT2D eigenvalue weighted by atomic mass is 19.1. The van der Waals surface area contributed by atoms with Crippen LogP contribution in [0.1, 0.15) is 12.0 Å². The second-order valence-electron chi connectivity index (χ2n) is 5.89. The molecule has 1 aliphatic rings. The molecule has 0 aromatic heterocycles. The normalized spacial score (nSPS) is 17.2. The molecule has 2 aromatic carbocycles. The van der Waals surface area contributed by atoms with Gasteiger partial charge >= 0.3 is 0 Å². The quantitative estimate of drug-likeness (QED) is 0.939. The van der Waals surface area contributed by atoms with E-state index < -0.39 is 23.5 Å². The van der Waals surface area contributed by atoms with E-state index >= 15 is 0 Å². The van der Waals surface area contributed by atoms with E-state index in [1.807, 2.05) is 31.2 Å². The average Bonchev–Trinajstić information content (AvgIpc) is 2.89. The Morgan fingerprint density at radius 3 is 2.38 bits per heavy atom. The van der Waals surface area contributed by atoms with E-state index in [1.54, 1.807) is 4.90 Å². The first-order valence-corrected chi connectivity index (χ1v) is 7.56. The number of carbonyl (C=O) groups is 2. The van der Waals surface area contributed by atoms with Gasteiger partial charge in [0.2, 0.25) is 11.8 Å². The number of halogens is 2. The number of hydrogen-bond donors (Lipinski definition) is 1. The van der Waals surface area contributed by atoms with E-state index in [0.29, 0.717) is 0 Å². The summed E-state index contributed by atoms with van der Waals surface area (Å²) in [4.78, 5) is 26.0. The third kappa shape index (κ3) is 3.42. The van der Waals surface area contributed by atoms with E-state index in [1.165, 1.54) is 0 Å². The molecule has 3 rings (SSSR count). The molecule has 0 spiro atoms. The molecule has 0 bridgehead atoms. The maximum atomic E-state index is 13.2. The summed E-state index contributed by atoms with van der Waals surface area (Å²) in [6.07, 6.45) is 0.0670. The van der Waals surface area contributed by atoms with Crippen LogP contribution in [0.4, 0.5) is 20.2 Å². The monoisotopic (exact) mass is 330 g/mol. The summed E-state index contributed by atoms with van der Waals surface area (Å²) in [7, 11) is 0. The molecule has 6 heteroatoms. The number of aryl methyl sites for hydroxylation is 1. The molecule has 24 heavy (non-hydrogen) atoms. The number of rotatable bonds is 3. The summed E-state index contributed by atoms with van der Waals surface area (Å²) in [6.45, 7) is 2.19. The van der Waals surface area contributed by atoms with Gasteiger partial charge in [-0.3, -0.25) is 9.59 Å². The average molecular weight is 330 g/mol. The molecular formula is C18H16F2N2O2. The van der Waals surface area contributed by atoms with Crippen molar-refractivity contribution in [1.29, 1.82) is 0 Å². The van der Waals surface area contributed by atoms with Gasteiger partial charge in [0.1, 0.15) is 11.6 Å². The van der Waals surface area contributed by atoms with Crippen molar-refractivity contribution in [1.82, 2.24) is 0 Å². The van der Waals surface area contributed by atoms with Crippen LogP contribution in [0.25, 0.3) is 0 Å². The SMILES string of the molecule is Cc1ccc(N2CC(C(=O)Nc3cc(F)cc(F)c3)CC2=O)cc1. The van der Waals surface area contributed by atoms with Crippen molar-refractivity contribution in [2.75, 3.05) is 16.8 Å². The van der Waals surface area contributed by atoms with Crippen molar-refractivity contribution in [3.63, 3.8) is 0 Å². The van der Waals surface area contributed by atoms with Gasteiger partial charge in [-0.2, -0.15) is 0 Å². The van der Waals surface area contributed by atoms with Gasteiger partial charge in [0, 0.05) is 30.4 Å². The van der Waals surface area contributed by atoms with Crippen LogP contribution in [-0.4, -0.2) is 18.4 Å². The molecule has 1 fully saturated rings.